The molecule has 8 heteroatoms. The minimum Gasteiger partial charge on any atom is -0.473 e. The molecule has 1 amide bonds. The predicted octanol–water partition coefficient (Wildman–Crippen LogP) is 3.93. The largest absolute Gasteiger partial charge is 0.473 e. The van der Waals surface area contributed by atoms with Crippen LogP contribution in [0.5, 0.6) is 5.88 Å². The number of hydrogen-bond donors (Lipinski definition) is 1. The first-order valence-electron chi connectivity index (χ1n) is 7.80. The molecule has 3 aromatic rings. The highest BCUT2D eigenvalue weighted by molar-refractivity contribution is 7.99. The Balaban J connectivity index is 1.49. The molecule has 1 fully saturated rings. The zero-order valence-electron chi connectivity index (χ0n) is 13.2. The van der Waals surface area contributed by atoms with Crippen molar-refractivity contribution < 1.29 is 13.9 Å². The van der Waals surface area contributed by atoms with Crippen molar-refractivity contribution in [2.24, 2.45) is 0 Å². The van der Waals surface area contributed by atoms with Crippen LogP contribution in [0.25, 0.3) is 11.5 Å². The van der Waals surface area contributed by atoms with Gasteiger partial charge < -0.3 is 9.15 Å². The Morgan fingerprint density at radius 1 is 1.36 bits per heavy atom. The van der Waals surface area contributed by atoms with Crippen LogP contribution in [0.1, 0.15) is 16.8 Å². The van der Waals surface area contributed by atoms with Crippen LogP contribution in [0.15, 0.2) is 46.5 Å². The Kier molecular flexibility index (Phi) is 4.71. The fraction of sp³-hybridized carbons (Fsp3) is 0.235. The van der Waals surface area contributed by atoms with Gasteiger partial charge in [-0.25, -0.2) is 9.97 Å². The number of ether oxygens (including phenoxy) is 1. The lowest BCUT2D eigenvalue weighted by Crippen LogP contribution is -2.20. The highest BCUT2D eigenvalue weighted by atomic mass is 32.2. The summed E-state index contributed by atoms with van der Waals surface area (Å²) in [6.07, 6.45) is 4.30. The van der Waals surface area contributed by atoms with E-state index in [1.807, 2.05) is 23.2 Å². The van der Waals surface area contributed by atoms with Crippen LogP contribution < -0.4 is 10.1 Å². The van der Waals surface area contributed by atoms with Gasteiger partial charge in [0.2, 0.25) is 5.88 Å². The molecule has 128 valence electrons. The summed E-state index contributed by atoms with van der Waals surface area (Å²) in [6, 6.07) is 7.06. The maximum Gasteiger partial charge on any atom is 0.262 e. The van der Waals surface area contributed by atoms with E-state index in [9.17, 15) is 4.79 Å². The molecule has 1 atom stereocenters. The van der Waals surface area contributed by atoms with E-state index >= 15 is 0 Å². The number of amides is 1. The molecule has 25 heavy (non-hydrogen) atoms. The van der Waals surface area contributed by atoms with Gasteiger partial charge in [-0.05, 0) is 36.4 Å². The van der Waals surface area contributed by atoms with Crippen LogP contribution in [0.3, 0.4) is 0 Å². The van der Waals surface area contributed by atoms with Gasteiger partial charge in [0.05, 0.1) is 6.26 Å². The van der Waals surface area contributed by atoms with E-state index < -0.39 is 0 Å². The third kappa shape index (κ3) is 3.69. The van der Waals surface area contributed by atoms with E-state index in [4.69, 9.17) is 9.15 Å². The van der Waals surface area contributed by atoms with Crippen molar-refractivity contribution in [3.05, 3.63) is 47.7 Å². The molecule has 1 aliphatic rings. The molecule has 0 aliphatic carbocycles. The van der Waals surface area contributed by atoms with Crippen LogP contribution in [0.2, 0.25) is 0 Å². The van der Waals surface area contributed by atoms with Gasteiger partial charge >= 0.3 is 0 Å². The molecule has 0 spiro atoms. The second-order valence-corrected chi connectivity index (χ2v) is 7.44. The molecular formula is C17H15N3O3S2. The third-order valence-electron chi connectivity index (χ3n) is 3.68. The second-order valence-electron chi connectivity index (χ2n) is 5.43. The number of carbonyl (C=O) groups is 1. The lowest BCUT2D eigenvalue weighted by molar-refractivity contribution is 0.101. The van der Waals surface area contributed by atoms with Crippen LogP contribution in [-0.4, -0.2) is 33.5 Å². The van der Waals surface area contributed by atoms with Gasteiger partial charge in [0, 0.05) is 17.3 Å². The van der Waals surface area contributed by atoms with Crippen molar-refractivity contribution in [3.8, 4) is 17.3 Å². The van der Waals surface area contributed by atoms with Crippen LogP contribution in [-0.2, 0) is 0 Å². The molecule has 3 aromatic heterocycles. The zero-order valence-corrected chi connectivity index (χ0v) is 14.8. The molecule has 0 saturated carbocycles. The van der Waals surface area contributed by atoms with Gasteiger partial charge in [0.25, 0.3) is 5.91 Å². The van der Waals surface area contributed by atoms with E-state index in [0.717, 1.165) is 17.9 Å². The summed E-state index contributed by atoms with van der Waals surface area (Å²) in [5.41, 5.74) is 1.10. The topological polar surface area (TPSA) is 77.3 Å². The van der Waals surface area contributed by atoms with E-state index in [1.165, 1.54) is 11.3 Å². The highest BCUT2D eigenvalue weighted by Crippen LogP contribution is 2.27. The van der Waals surface area contributed by atoms with Gasteiger partial charge in [-0.2, -0.15) is 11.8 Å². The van der Waals surface area contributed by atoms with Crippen LogP contribution >= 0.6 is 23.1 Å². The minimum atomic E-state index is -0.283. The first-order valence-corrected chi connectivity index (χ1v) is 9.83. The maximum absolute atomic E-state index is 12.6. The number of pyridine rings is 1. The molecule has 4 rings (SSSR count). The van der Waals surface area contributed by atoms with Crippen molar-refractivity contribution in [1.82, 2.24) is 9.97 Å². The smallest absolute Gasteiger partial charge is 0.262 e. The van der Waals surface area contributed by atoms with Gasteiger partial charge in [0.15, 0.2) is 10.9 Å². The fourth-order valence-corrected chi connectivity index (χ4v) is 4.24. The van der Waals surface area contributed by atoms with E-state index in [-0.39, 0.29) is 12.0 Å². The van der Waals surface area contributed by atoms with Crippen LogP contribution in [0, 0.1) is 0 Å². The van der Waals surface area contributed by atoms with Gasteiger partial charge in [0.1, 0.15) is 17.4 Å². The number of carbonyl (C=O) groups excluding carboxylic acids is 1. The van der Waals surface area contributed by atoms with Crippen molar-refractivity contribution >= 4 is 34.1 Å². The molecule has 6 nitrogen and oxygen atoms in total. The van der Waals surface area contributed by atoms with E-state index in [0.29, 0.717) is 28.0 Å². The normalized spacial score (nSPS) is 16.7. The lowest BCUT2D eigenvalue weighted by atomic mass is 10.2. The number of anilines is 1. The molecule has 1 N–H and O–H groups in total. The molecule has 0 bridgehead atoms. The maximum atomic E-state index is 12.6. The predicted molar refractivity (Wildman–Crippen MR) is 98.4 cm³/mol. The Hall–Kier alpha value is -2.32. The van der Waals surface area contributed by atoms with Crippen molar-refractivity contribution in [2.45, 2.75) is 12.5 Å². The molecule has 0 radical (unpaired) electrons. The zero-order chi connectivity index (χ0) is 17.1. The quantitative estimate of drug-likeness (QED) is 0.730. The number of nitrogens with zero attached hydrogens (tertiary/aromatic N) is 2. The Morgan fingerprint density at radius 2 is 2.32 bits per heavy atom. The van der Waals surface area contributed by atoms with Crippen molar-refractivity contribution in [3.63, 3.8) is 0 Å². The average Bonchev–Trinajstić information content (AvgIpc) is 3.37. The number of thioether (sulfide) groups is 1. The number of hydrogen-bond acceptors (Lipinski definition) is 7. The molecular weight excluding hydrogens is 358 g/mol. The monoisotopic (exact) mass is 373 g/mol. The molecule has 1 saturated heterocycles. The number of nitrogens with one attached hydrogen (secondary N) is 1. The summed E-state index contributed by atoms with van der Waals surface area (Å²) in [5.74, 6) is 2.76. The standard InChI is InChI=1S/C17H15N3O3S2/c21-15(20-17-19-13(10-25-17)14-4-2-7-22-14)12-3-1-6-18-16(12)23-11-5-8-24-9-11/h1-4,6-7,10-11H,5,8-9H2,(H,19,20,21). The van der Waals surface area contributed by atoms with Crippen molar-refractivity contribution in [2.75, 3.05) is 16.8 Å². The third-order valence-corrected chi connectivity index (χ3v) is 5.57. The number of furan rings is 1. The SMILES string of the molecule is O=C(Nc1nc(-c2ccco2)cs1)c1cccnc1OC1CCSC1. The molecule has 0 aromatic carbocycles. The van der Waals surface area contributed by atoms with Crippen LogP contribution in [0.4, 0.5) is 5.13 Å². The van der Waals surface area contributed by atoms with Crippen molar-refractivity contribution in [1.29, 1.82) is 0 Å². The first-order chi connectivity index (χ1) is 12.3. The molecule has 4 heterocycles. The minimum absolute atomic E-state index is 0.108. The van der Waals surface area contributed by atoms with Gasteiger partial charge in [-0.3, -0.25) is 10.1 Å². The molecule has 1 aliphatic heterocycles. The van der Waals surface area contributed by atoms with E-state index in [1.54, 1.807) is 30.7 Å². The Labute approximate surface area is 152 Å². The summed E-state index contributed by atoms with van der Waals surface area (Å²) in [7, 11) is 0. The average molecular weight is 373 g/mol. The summed E-state index contributed by atoms with van der Waals surface area (Å²) in [4.78, 5) is 21.2. The summed E-state index contributed by atoms with van der Waals surface area (Å²) < 4.78 is 11.2. The second kappa shape index (κ2) is 7.28. The number of thiazole rings is 1. The van der Waals surface area contributed by atoms with Gasteiger partial charge in [-0.1, -0.05) is 0 Å². The summed E-state index contributed by atoms with van der Waals surface area (Å²) >= 11 is 3.19. The summed E-state index contributed by atoms with van der Waals surface area (Å²) in [5, 5.41) is 5.15. The van der Waals surface area contributed by atoms with Gasteiger partial charge in [-0.15, -0.1) is 11.3 Å². The lowest BCUT2D eigenvalue weighted by Gasteiger charge is -2.14. The summed E-state index contributed by atoms with van der Waals surface area (Å²) in [6.45, 7) is 0. The Morgan fingerprint density at radius 3 is 3.12 bits per heavy atom. The fourth-order valence-electron chi connectivity index (χ4n) is 2.45. The Bertz CT molecular complexity index is 858. The first kappa shape index (κ1) is 16.2. The number of aromatic nitrogens is 2. The van der Waals surface area contributed by atoms with E-state index in [2.05, 4.69) is 15.3 Å². The highest BCUT2D eigenvalue weighted by Gasteiger charge is 2.22. The molecule has 1 unspecified atom stereocenters. The number of rotatable bonds is 5.